The number of aromatic hydroxyl groups is 1. The van der Waals surface area contributed by atoms with Crippen molar-refractivity contribution in [1.29, 1.82) is 0 Å². The summed E-state index contributed by atoms with van der Waals surface area (Å²) in [5.74, 6) is 0.526. The fourth-order valence-electron chi connectivity index (χ4n) is 2.70. The number of phenols is 1. The molecule has 2 aromatic rings. The van der Waals surface area contributed by atoms with Gasteiger partial charge in [-0.05, 0) is 31.5 Å². The number of rotatable bonds is 4. The van der Waals surface area contributed by atoms with Crippen molar-refractivity contribution in [1.82, 2.24) is 4.72 Å². The number of aryl methyl sites for hydroxylation is 1. The molecule has 5 nitrogen and oxygen atoms in total. The first-order chi connectivity index (χ1) is 11.0. The number of hydrogen-bond donors (Lipinski definition) is 2. The van der Waals surface area contributed by atoms with Gasteiger partial charge in [-0.3, -0.25) is 0 Å². The number of nitrogens with one attached hydrogen (secondary N) is 1. The molecule has 6 heteroatoms. The molecule has 0 saturated heterocycles. The van der Waals surface area contributed by atoms with Crippen LogP contribution in [0.25, 0.3) is 0 Å². The maximum atomic E-state index is 12.4. The average molecular weight is 333 g/mol. The van der Waals surface area contributed by atoms with Gasteiger partial charge in [0.15, 0.2) is 11.5 Å². The minimum Gasteiger partial charge on any atom is -0.504 e. The van der Waals surface area contributed by atoms with E-state index in [1.165, 1.54) is 0 Å². The van der Waals surface area contributed by atoms with Gasteiger partial charge in [0.2, 0.25) is 10.0 Å². The zero-order valence-electron chi connectivity index (χ0n) is 12.8. The lowest BCUT2D eigenvalue weighted by molar-refractivity contribution is 0.254. The SMILES string of the molecule is Cc1ccc(S(=O)(=O)NCC2CCOc3c(O)cccc32)cc1. The summed E-state index contributed by atoms with van der Waals surface area (Å²) in [4.78, 5) is 0.256. The van der Waals surface area contributed by atoms with Crippen LogP contribution in [0, 0.1) is 6.92 Å². The molecule has 0 fully saturated rings. The third-order valence-corrected chi connectivity index (χ3v) is 5.47. The lowest BCUT2D eigenvalue weighted by Crippen LogP contribution is -2.30. The molecule has 0 amide bonds. The third kappa shape index (κ3) is 3.33. The third-order valence-electron chi connectivity index (χ3n) is 4.03. The Morgan fingerprint density at radius 2 is 1.96 bits per heavy atom. The topological polar surface area (TPSA) is 75.6 Å². The maximum absolute atomic E-state index is 12.4. The van der Waals surface area contributed by atoms with E-state index in [2.05, 4.69) is 4.72 Å². The first-order valence-corrected chi connectivity index (χ1v) is 8.97. The number of phenolic OH excluding ortho intramolecular Hbond substituents is 1. The van der Waals surface area contributed by atoms with Gasteiger partial charge in [-0.1, -0.05) is 29.8 Å². The van der Waals surface area contributed by atoms with Gasteiger partial charge in [0.25, 0.3) is 0 Å². The molecule has 3 rings (SSSR count). The summed E-state index contributed by atoms with van der Waals surface area (Å²) >= 11 is 0. The normalized spacial score (nSPS) is 17.3. The lowest BCUT2D eigenvalue weighted by atomic mass is 9.93. The molecule has 1 atom stereocenters. The summed E-state index contributed by atoms with van der Waals surface area (Å²) in [5.41, 5.74) is 1.85. The van der Waals surface area contributed by atoms with Crippen LogP contribution in [0.1, 0.15) is 23.5 Å². The number of fused-ring (bicyclic) bond motifs is 1. The zero-order chi connectivity index (χ0) is 16.4. The second-order valence-electron chi connectivity index (χ2n) is 5.69. The van der Waals surface area contributed by atoms with Crippen LogP contribution in [0.2, 0.25) is 0 Å². The second-order valence-corrected chi connectivity index (χ2v) is 7.46. The first-order valence-electron chi connectivity index (χ1n) is 7.48. The van der Waals surface area contributed by atoms with Gasteiger partial charge >= 0.3 is 0 Å². The molecule has 0 bridgehead atoms. The molecule has 0 radical (unpaired) electrons. The van der Waals surface area contributed by atoms with Crippen molar-refractivity contribution in [3.8, 4) is 11.5 Å². The number of sulfonamides is 1. The molecule has 2 aromatic carbocycles. The van der Waals surface area contributed by atoms with E-state index in [1.54, 1.807) is 36.4 Å². The molecule has 1 heterocycles. The van der Waals surface area contributed by atoms with Gasteiger partial charge in [0, 0.05) is 18.0 Å². The van der Waals surface area contributed by atoms with Gasteiger partial charge in [0.05, 0.1) is 11.5 Å². The van der Waals surface area contributed by atoms with Crippen molar-refractivity contribution < 1.29 is 18.3 Å². The molecular weight excluding hydrogens is 314 g/mol. The Morgan fingerprint density at radius 3 is 2.70 bits per heavy atom. The summed E-state index contributed by atoms with van der Waals surface area (Å²) in [6.07, 6.45) is 0.701. The van der Waals surface area contributed by atoms with E-state index in [0.29, 0.717) is 18.8 Å². The predicted octanol–water partition coefficient (Wildman–Crippen LogP) is 2.55. The van der Waals surface area contributed by atoms with Gasteiger partial charge in [-0.25, -0.2) is 13.1 Å². The summed E-state index contributed by atoms with van der Waals surface area (Å²) in [7, 11) is -3.54. The van der Waals surface area contributed by atoms with Crippen molar-refractivity contribution in [2.75, 3.05) is 13.2 Å². The van der Waals surface area contributed by atoms with Gasteiger partial charge in [0.1, 0.15) is 0 Å². The molecule has 0 aromatic heterocycles. The van der Waals surface area contributed by atoms with Crippen LogP contribution in [0.5, 0.6) is 11.5 Å². The second kappa shape index (κ2) is 6.22. The first kappa shape index (κ1) is 15.8. The highest BCUT2D eigenvalue weighted by Gasteiger charge is 2.25. The molecule has 23 heavy (non-hydrogen) atoms. The predicted molar refractivity (Wildman–Crippen MR) is 87.3 cm³/mol. The van der Waals surface area contributed by atoms with E-state index in [-0.39, 0.29) is 23.1 Å². The molecule has 0 aliphatic carbocycles. The van der Waals surface area contributed by atoms with Crippen molar-refractivity contribution in [2.24, 2.45) is 0 Å². The van der Waals surface area contributed by atoms with E-state index < -0.39 is 10.0 Å². The highest BCUT2D eigenvalue weighted by Crippen LogP contribution is 2.39. The highest BCUT2D eigenvalue weighted by atomic mass is 32.2. The van der Waals surface area contributed by atoms with E-state index in [4.69, 9.17) is 4.74 Å². The molecule has 122 valence electrons. The Balaban J connectivity index is 1.77. The molecule has 1 aliphatic heterocycles. The van der Waals surface area contributed by atoms with E-state index in [1.807, 2.05) is 13.0 Å². The zero-order valence-corrected chi connectivity index (χ0v) is 13.6. The minimum absolute atomic E-state index is 0.0222. The molecule has 1 unspecified atom stereocenters. The van der Waals surface area contributed by atoms with Gasteiger partial charge in [-0.2, -0.15) is 0 Å². The van der Waals surface area contributed by atoms with Crippen molar-refractivity contribution >= 4 is 10.0 Å². The Morgan fingerprint density at radius 1 is 1.22 bits per heavy atom. The van der Waals surface area contributed by atoms with E-state index in [0.717, 1.165) is 11.1 Å². The smallest absolute Gasteiger partial charge is 0.240 e. The average Bonchev–Trinajstić information content (AvgIpc) is 2.54. The Kier molecular flexibility index (Phi) is 4.28. The molecule has 0 spiro atoms. The number of para-hydroxylation sites is 1. The van der Waals surface area contributed by atoms with Crippen molar-refractivity contribution in [3.63, 3.8) is 0 Å². The van der Waals surface area contributed by atoms with Crippen LogP contribution in [0.3, 0.4) is 0 Å². The summed E-state index contributed by atoms with van der Waals surface area (Å²) < 4.78 is 32.9. The fraction of sp³-hybridized carbons (Fsp3) is 0.294. The Bertz CT molecular complexity index is 800. The van der Waals surface area contributed by atoms with Crippen LogP contribution >= 0.6 is 0 Å². The number of hydrogen-bond acceptors (Lipinski definition) is 4. The molecular formula is C17H19NO4S. The van der Waals surface area contributed by atoms with Crippen LogP contribution in [-0.4, -0.2) is 26.7 Å². The molecule has 2 N–H and O–H groups in total. The lowest BCUT2D eigenvalue weighted by Gasteiger charge is -2.26. The monoisotopic (exact) mass is 333 g/mol. The minimum atomic E-state index is -3.54. The number of ether oxygens (including phenoxy) is 1. The van der Waals surface area contributed by atoms with Crippen LogP contribution in [-0.2, 0) is 10.0 Å². The van der Waals surface area contributed by atoms with Gasteiger partial charge < -0.3 is 9.84 Å². The van der Waals surface area contributed by atoms with Crippen LogP contribution in [0.4, 0.5) is 0 Å². The van der Waals surface area contributed by atoms with Gasteiger partial charge in [-0.15, -0.1) is 0 Å². The van der Waals surface area contributed by atoms with Crippen molar-refractivity contribution in [2.45, 2.75) is 24.2 Å². The van der Waals surface area contributed by atoms with Crippen LogP contribution in [0.15, 0.2) is 47.4 Å². The Labute approximate surface area is 136 Å². The van der Waals surface area contributed by atoms with E-state index >= 15 is 0 Å². The largest absolute Gasteiger partial charge is 0.504 e. The molecule has 0 saturated carbocycles. The fourth-order valence-corrected chi connectivity index (χ4v) is 3.78. The number of benzene rings is 2. The Hall–Kier alpha value is -2.05. The maximum Gasteiger partial charge on any atom is 0.240 e. The molecule has 1 aliphatic rings. The summed E-state index contributed by atoms with van der Waals surface area (Å²) in [6, 6.07) is 11.9. The quantitative estimate of drug-likeness (QED) is 0.901. The summed E-state index contributed by atoms with van der Waals surface area (Å²) in [6.45, 7) is 2.65. The standard InChI is InChI=1S/C17H19NO4S/c1-12-5-7-14(8-6-12)23(20,21)18-11-13-9-10-22-17-15(13)3-2-4-16(17)19/h2-8,13,18-19H,9-11H2,1H3. The van der Waals surface area contributed by atoms with Crippen LogP contribution < -0.4 is 9.46 Å². The highest BCUT2D eigenvalue weighted by molar-refractivity contribution is 7.89. The summed E-state index contributed by atoms with van der Waals surface area (Å²) in [5, 5.41) is 9.84. The van der Waals surface area contributed by atoms with E-state index in [9.17, 15) is 13.5 Å². The van der Waals surface area contributed by atoms with Crippen molar-refractivity contribution in [3.05, 3.63) is 53.6 Å².